The highest BCUT2D eigenvalue weighted by molar-refractivity contribution is 5.99. The summed E-state index contributed by atoms with van der Waals surface area (Å²) in [4.78, 5) is 17.4. The topological polar surface area (TPSA) is 95.2 Å². The number of aromatic amines is 2. The van der Waals surface area contributed by atoms with Crippen molar-refractivity contribution in [2.45, 2.75) is 13.3 Å². The van der Waals surface area contributed by atoms with Gasteiger partial charge in [-0.05, 0) is 66.6 Å². The van der Waals surface area contributed by atoms with Crippen LogP contribution < -0.4 is 5.32 Å². The molecule has 6 aromatic rings. The summed E-state index contributed by atoms with van der Waals surface area (Å²) in [7, 11) is 0. The number of benzene rings is 1. The minimum atomic E-state index is 0.725. The summed E-state index contributed by atoms with van der Waals surface area (Å²) in [5, 5.41) is 12.1. The van der Waals surface area contributed by atoms with E-state index < -0.39 is 0 Å². The standard InChI is InChI=1S/C34H29N7/c1-4-24(19-26(5-2)37-22(3)18-23-10-7-6-8-11-23)28-13-14-30-33(39-28)34(41-40-30)31-20-27-29(38-31)15-17-36-32(27)25-12-9-16-35-21-25/h4-17,19-21,37-38H,2-3,18H2,1H3,(H,40,41)/b24-4+,26-19+. The molecular formula is C34H29N7. The molecule has 0 saturated heterocycles. The van der Waals surface area contributed by atoms with Gasteiger partial charge < -0.3 is 10.3 Å². The van der Waals surface area contributed by atoms with Crippen molar-refractivity contribution in [2.75, 3.05) is 0 Å². The Labute approximate surface area is 238 Å². The number of allylic oxidation sites excluding steroid dienone is 5. The van der Waals surface area contributed by atoms with Crippen LogP contribution in [-0.4, -0.2) is 30.1 Å². The zero-order valence-electron chi connectivity index (χ0n) is 22.7. The molecule has 0 atom stereocenters. The van der Waals surface area contributed by atoms with Crippen LogP contribution >= 0.6 is 0 Å². The molecule has 41 heavy (non-hydrogen) atoms. The first-order chi connectivity index (χ1) is 20.1. The monoisotopic (exact) mass is 535 g/mol. The SMILES string of the molecule is C=C/C(=C\C(=C/C)c1ccc2[nH]nc(-c3cc4c(-c5cccnc5)nccc4[nH]3)c2n1)NC(=C)Cc1ccccc1. The van der Waals surface area contributed by atoms with Gasteiger partial charge in [0.05, 0.1) is 22.6 Å². The summed E-state index contributed by atoms with van der Waals surface area (Å²) in [5.41, 5.74) is 10.7. The van der Waals surface area contributed by atoms with Crippen molar-refractivity contribution >= 4 is 27.5 Å². The van der Waals surface area contributed by atoms with Crippen LogP contribution in [0.4, 0.5) is 0 Å². The molecule has 0 spiro atoms. The van der Waals surface area contributed by atoms with Crippen molar-refractivity contribution in [1.29, 1.82) is 0 Å². The molecule has 0 fully saturated rings. The van der Waals surface area contributed by atoms with Crippen molar-refractivity contribution in [2.24, 2.45) is 0 Å². The van der Waals surface area contributed by atoms with E-state index in [1.165, 1.54) is 5.56 Å². The van der Waals surface area contributed by atoms with Gasteiger partial charge in [-0.25, -0.2) is 4.98 Å². The van der Waals surface area contributed by atoms with Gasteiger partial charge in [-0.3, -0.25) is 15.1 Å². The largest absolute Gasteiger partial charge is 0.359 e. The second-order valence-corrected chi connectivity index (χ2v) is 9.65. The second kappa shape index (κ2) is 11.3. The quantitative estimate of drug-likeness (QED) is 0.168. The third-order valence-electron chi connectivity index (χ3n) is 6.87. The maximum atomic E-state index is 5.03. The van der Waals surface area contributed by atoms with Gasteiger partial charge in [0.1, 0.15) is 11.2 Å². The van der Waals surface area contributed by atoms with Gasteiger partial charge in [0, 0.05) is 52.9 Å². The molecule has 7 heteroatoms. The number of H-pyrrole nitrogens is 2. The summed E-state index contributed by atoms with van der Waals surface area (Å²) in [6.07, 6.45) is 12.0. The van der Waals surface area contributed by atoms with Crippen LogP contribution in [0, 0.1) is 0 Å². The molecule has 5 aromatic heterocycles. The minimum absolute atomic E-state index is 0.725. The van der Waals surface area contributed by atoms with Crippen molar-refractivity contribution in [3.05, 3.63) is 139 Å². The molecule has 1 aromatic carbocycles. The Morgan fingerprint density at radius 3 is 2.63 bits per heavy atom. The number of nitrogens with zero attached hydrogens (tertiary/aromatic N) is 4. The molecule has 0 aliphatic rings. The molecule has 0 saturated carbocycles. The maximum absolute atomic E-state index is 5.03. The number of aromatic nitrogens is 6. The Morgan fingerprint density at radius 2 is 1.85 bits per heavy atom. The molecule has 3 N–H and O–H groups in total. The van der Waals surface area contributed by atoms with Gasteiger partial charge in [-0.2, -0.15) is 5.10 Å². The summed E-state index contributed by atoms with van der Waals surface area (Å²) in [5.74, 6) is 0. The predicted octanol–water partition coefficient (Wildman–Crippen LogP) is 7.38. The smallest absolute Gasteiger partial charge is 0.135 e. The van der Waals surface area contributed by atoms with Crippen LogP contribution in [0.15, 0.2) is 128 Å². The lowest BCUT2D eigenvalue weighted by atomic mass is 10.1. The fraction of sp³-hybridized carbons (Fsp3) is 0.0588. The van der Waals surface area contributed by atoms with Crippen molar-refractivity contribution in [3.63, 3.8) is 0 Å². The molecule has 0 bridgehead atoms. The molecule has 6 rings (SSSR count). The minimum Gasteiger partial charge on any atom is -0.359 e. The van der Waals surface area contributed by atoms with Gasteiger partial charge in [0.15, 0.2) is 0 Å². The normalized spacial score (nSPS) is 12.1. The van der Waals surface area contributed by atoms with E-state index in [9.17, 15) is 0 Å². The van der Waals surface area contributed by atoms with Crippen LogP contribution in [0.25, 0.3) is 50.2 Å². The van der Waals surface area contributed by atoms with E-state index in [1.54, 1.807) is 18.5 Å². The summed E-state index contributed by atoms with van der Waals surface area (Å²) in [6.45, 7) is 10.2. The average Bonchev–Trinajstić information content (AvgIpc) is 3.64. The molecule has 0 radical (unpaired) electrons. The zero-order valence-corrected chi connectivity index (χ0v) is 22.7. The van der Waals surface area contributed by atoms with Gasteiger partial charge in [0.25, 0.3) is 0 Å². The van der Waals surface area contributed by atoms with Crippen LogP contribution in [0.5, 0.6) is 0 Å². The average molecular weight is 536 g/mol. The lowest BCUT2D eigenvalue weighted by molar-refractivity contribution is 0.942. The molecule has 0 unspecified atom stereocenters. The van der Waals surface area contributed by atoms with Gasteiger partial charge in [-0.1, -0.05) is 49.6 Å². The second-order valence-electron chi connectivity index (χ2n) is 9.65. The van der Waals surface area contributed by atoms with E-state index in [1.807, 2.05) is 73.8 Å². The van der Waals surface area contributed by atoms with E-state index in [0.29, 0.717) is 0 Å². The van der Waals surface area contributed by atoms with Crippen molar-refractivity contribution in [3.8, 4) is 22.6 Å². The van der Waals surface area contributed by atoms with E-state index >= 15 is 0 Å². The summed E-state index contributed by atoms with van der Waals surface area (Å²) >= 11 is 0. The molecule has 0 aliphatic carbocycles. The molecule has 0 aliphatic heterocycles. The first-order valence-electron chi connectivity index (χ1n) is 13.4. The lowest BCUT2D eigenvalue weighted by Gasteiger charge is -2.12. The third-order valence-corrected chi connectivity index (χ3v) is 6.87. The highest BCUT2D eigenvalue weighted by Crippen LogP contribution is 2.32. The van der Waals surface area contributed by atoms with Crippen molar-refractivity contribution in [1.82, 2.24) is 35.5 Å². The number of hydrogen-bond donors (Lipinski definition) is 3. The Bertz CT molecular complexity index is 1930. The lowest BCUT2D eigenvalue weighted by Crippen LogP contribution is -2.12. The highest BCUT2D eigenvalue weighted by Gasteiger charge is 2.16. The molecule has 5 heterocycles. The van der Waals surface area contributed by atoms with Crippen molar-refractivity contribution < 1.29 is 0 Å². The summed E-state index contributed by atoms with van der Waals surface area (Å²) in [6, 6.07) is 22.2. The molecule has 7 nitrogen and oxygen atoms in total. The fourth-order valence-electron chi connectivity index (χ4n) is 4.87. The fourth-order valence-corrected chi connectivity index (χ4v) is 4.87. The Balaban J connectivity index is 1.32. The highest BCUT2D eigenvalue weighted by atomic mass is 15.1. The van der Waals surface area contributed by atoms with Gasteiger partial charge in [-0.15, -0.1) is 0 Å². The van der Waals surface area contributed by atoms with Gasteiger partial charge >= 0.3 is 0 Å². The number of hydrogen-bond acceptors (Lipinski definition) is 5. The Morgan fingerprint density at radius 1 is 0.976 bits per heavy atom. The van der Waals surface area contributed by atoms with Crippen LogP contribution in [-0.2, 0) is 6.42 Å². The first-order valence-corrected chi connectivity index (χ1v) is 13.4. The number of nitrogens with one attached hydrogen (secondary N) is 3. The Hall–Kier alpha value is -5.56. The van der Waals surface area contributed by atoms with Crippen LogP contribution in [0.2, 0.25) is 0 Å². The zero-order chi connectivity index (χ0) is 28.2. The van der Waals surface area contributed by atoms with E-state index in [0.717, 1.165) is 73.7 Å². The number of rotatable bonds is 9. The van der Waals surface area contributed by atoms with E-state index in [2.05, 4.69) is 61.8 Å². The number of pyridine rings is 3. The predicted molar refractivity (Wildman–Crippen MR) is 167 cm³/mol. The van der Waals surface area contributed by atoms with Crippen LogP contribution in [0.1, 0.15) is 18.2 Å². The third kappa shape index (κ3) is 5.33. The maximum Gasteiger partial charge on any atom is 0.135 e. The van der Waals surface area contributed by atoms with E-state index in [-0.39, 0.29) is 0 Å². The molecule has 0 amide bonds. The van der Waals surface area contributed by atoms with Crippen LogP contribution in [0.3, 0.4) is 0 Å². The molecule has 200 valence electrons. The van der Waals surface area contributed by atoms with E-state index in [4.69, 9.17) is 4.98 Å². The summed E-state index contributed by atoms with van der Waals surface area (Å²) < 4.78 is 0. The Kier molecular flexibility index (Phi) is 7.07. The van der Waals surface area contributed by atoms with Gasteiger partial charge in [0.2, 0.25) is 0 Å². The number of fused-ring (bicyclic) bond motifs is 2. The first kappa shape index (κ1) is 25.7. The molecular weight excluding hydrogens is 506 g/mol.